The van der Waals surface area contributed by atoms with E-state index in [9.17, 15) is 9.59 Å². The molecule has 0 heterocycles. The van der Waals surface area contributed by atoms with Crippen LogP contribution in [0.25, 0.3) is 0 Å². The number of hydrogen-bond acceptors (Lipinski definition) is 5. The predicted molar refractivity (Wildman–Crippen MR) is 106 cm³/mol. The molecule has 0 bridgehead atoms. The van der Waals surface area contributed by atoms with Gasteiger partial charge in [0.15, 0.2) is 0 Å². The van der Waals surface area contributed by atoms with Gasteiger partial charge >= 0.3 is 0 Å². The maximum absolute atomic E-state index is 10.5. The van der Waals surface area contributed by atoms with Crippen molar-refractivity contribution in [3.05, 3.63) is 95.1 Å². The lowest BCUT2D eigenvalue weighted by Gasteiger charge is -2.06. The maximum atomic E-state index is 10.5. The molecule has 5 nitrogen and oxygen atoms in total. The van der Waals surface area contributed by atoms with Crippen LogP contribution in [0.15, 0.2) is 72.8 Å². The van der Waals surface area contributed by atoms with Crippen LogP contribution in [-0.2, 0) is 6.42 Å². The number of benzene rings is 3. The summed E-state index contributed by atoms with van der Waals surface area (Å²) >= 11 is 0. The Bertz CT molecular complexity index is 924. The Morgan fingerprint density at radius 3 is 1.86 bits per heavy atom. The lowest BCUT2D eigenvalue weighted by Crippen LogP contribution is -2.01. The SMILES string of the molecule is N#Cc1ccc(CCOc2ccc(C=O)cc2)cc1.O=Cc1ccc(O)cc1. The molecule has 3 aromatic carbocycles. The summed E-state index contributed by atoms with van der Waals surface area (Å²) in [5, 5.41) is 17.4. The van der Waals surface area contributed by atoms with Crippen LogP contribution in [0.1, 0.15) is 31.8 Å². The lowest BCUT2D eigenvalue weighted by atomic mass is 10.1. The molecule has 0 amide bonds. The number of hydrogen-bond donors (Lipinski definition) is 1. The van der Waals surface area contributed by atoms with Crippen LogP contribution in [0.3, 0.4) is 0 Å². The second-order valence-corrected chi connectivity index (χ2v) is 5.80. The van der Waals surface area contributed by atoms with Gasteiger partial charge in [-0.2, -0.15) is 5.26 Å². The van der Waals surface area contributed by atoms with Crippen molar-refractivity contribution in [3.8, 4) is 17.6 Å². The van der Waals surface area contributed by atoms with Gasteiger partial charge in [0.2, 0.25) is 0 Å². The minimum atomic E-state index is 0.181. The number of nitriles is 1. The zero-order valence-electron chi connectivity index (χ0n) is 15.1. The summed E-state index contributed by atoms with van der Waals surface area (Å²) in [5.74, 6) is 0.930. The largest absolute Gasteiger partial charge is 0.508 e. The highest BCUT2D eigenvalue weighted by Gasteiger charge is 1.97. The third-order valence-corrected chi connectivity index (χ3v) is 3.79. The van der Waals surface area contributed by atoms with Gasteiger partial charge in [0, 0.05) is 17.5 Å². The van der Waals surface area contributed by atoms with E-state index in [1.165, 1.54) is 12.1 Å². The summed E-state index contributed by atoms with van der Waals surface area (Å²) in [5.41, 5.74) is 3.00. The molecule has 28 heavy (non-hydrogen) atoms. The molecule has 0 aliphatic carbocycles. The molecule has 0 aliphatic rings. The fourth-order valence-corrected chi connectivity index (χ4v) is 2.23. The number of carbonyl (C=O) groups is 2. The summed E-state index contributed by atoms with van der Waals surface area (Å²) < 4.78 is 5.59. The van der Waals surface area contributed by atoms with Crippen molar-refractivity contribution in [1.29, 1.82) is 5.26 Å². The third kappa shape index (κ3) is 6.77. The number of aldehydes is 2. The number of nitrogens with zero attached hydrogens (tertiary/aromatic N) is 1. The minimum absolute atomic E-state index is 0.181. The Labute approximate surface area is 163 Å². The average molecular weight is 373 g/mol. The van der Waals surface area contributed by atoms with Crippen LogP contribution < -0.4 is 4.74 Å². The highest BCUT2D eigenvalue weighted by Crippen LogP contribution is 2.12. The number of rotatable bonds is 6. The van der Waals surface area contributed by atoms with Crippen LogP contribution in [-0.4, -0.2) is 24.3 Å². The van der Waals surface area contributed by atoms with E-state index in [0.29, 0.717) is 23.3 Å². The highest BCUT2D eigenvalue weighted by molar-refractivity contribution is 5.75. The van der Waals surface area contributed by atoms with Crippen LogP contribution >= 0.6 is 0 Å². The molecule has 1 N–H and O–H groups in total. The van der Waals surface area contributed by atoms with Crippen LogP contribution in [0.5, 0.6) is 11.5 Å². The van der Waals surface area contributed by atoms with Crippen molar-refractivity contribution in [2.45, 2.75) is 6.42 Å². The van der Waals surface area contributed by atoms with E-state index >= 15 is 0 Å². The Morgan fingerprint density at radius 2 is 1.36 bits per heavy atom. The Hall–Kier alpha value is -3.91. The molecule has 140 valence electrons. The van der Waals surface area contributed by atoms with E-state index in [0.717, 1.165) is 30.3 Å². The standard InChI is InChI=1S/C16H13NO2.C7H6O2/c17-11-14-3-1-13(2-4-14)9-10-19-16-7-5-15(12-18)6-8-16;8-5-6-1-3-7(9)4-2-6/h1-8,12H,9-10H2;1-5,9H. The summed E-state index contributed by atoms with van der Waals surface area (Å²) in [6.07, 6.45) is 2.32. The van der Waals surface area contributed by atoms with E-state index in [1.807, 2.05) is 12.1 Å². The Morgan fingerprint density at radius 1 is 0.821 bits per heavy atom. The van der Waals surface area contributed by atoms with Gasteiger partial charge in [0.05, 0.1) is 18.2 Å². The molecule has 3 rings (SSSR count). The number of aromatic hydroxyl groups is 1. The average Bonchev–Trinajstić information content (AvgIpc) is 2.76. The zero-order chi connectivity index (χ0) is 20.2. The molecule has 0 aliphatic heterocycles. The van der Waals surface area contributed by atoms with Crippen molar-refractivity contribution >= 4 is 12.6 Å². The summed E-state index contributed by atoms with van der Waals surface area (Å²) in [6, 6.07) is 22.6. The van der Waals surface area contributed by atoms with Gasteiger partial charge in [-0.25, -0.2) is 0 Å². The maximum Gasteiger partial charge on any atom is 0.150 e. The second kappa shape index (κ2) is 10.9. The fraction of sp³-hybridized carbons (Fsp3) is 0.0870. The molecule has 0 unspecified atom stereocenters. The molecule has 5 heteroatoms. The molecule has 0 radical (unpaired) electrons. The molecule has 0 saturated heterocycles. The van der Waals surface area contributed by atoms with Crippen molar-refractivity contribution in [2.24, 2.45) is 0 Å². The summed E-state index contributed by atoms with van der Waals surface area (Å²) in [6.45, 7) is 0.562. The number of phenolic OH excluding ortho intramolecular Hbond substituents is 1. The van der Waals surface area contributed by atoms with E-state index in [-0.39, 0.29) is 5.75 Å². The van der Waals surface area contributed by atoms with Crippen molar-refractivity contribution in [2.75, 3.05) is 6.61 Å². The highest BCUT2D eigenvalue weighted by atomic mass is 16.5. The normalized spacial score (nSPS) is 9.39. The molecular weight excluding hydrogens is 354 g/mol. The molecule has 0 aromatic heterocycles. The monoisotopic (exact) mass is 373 g/mol. The van der Waals surface area contributed by atoms with Gasteiger partial charge in [-0.3, -0.25) is 9.59 Å². The van der Waals surface area contributed by atoms with Crippen molar-refractivity contribution in [3.63, 3.8) is 0 Å². The van der Waals surface area contributed by atoms with Gasteiger partial charge in [-0.1, -0.05) is 12.1 Å². The predicted octanol–water partition coefficient (Wildman–Crippen LogP) is 4.20. The Balaban J connectivity index is 0.000000261. The third-order valence-electron chi connectivity index (χ3n) is 3.79. The topological polar surface area (TPSA) is 87.4 Å². The molecule has 0 fully saturated rings. The number of phenols is 1. The molecule has 3 aromatic rings. The molecule has 0 atom stereocenters. The first-order valence-electron chi connectivity index (χ1n) is 8.56. The van der Waals surface area contributed by atoms with Crippen LogP contribution in [0.2, 0.25) is 0 Å². The van der Waals surface area contributed by atoms with Gasteiger partial charge < -0.3 is 9.84 Å². The van der Waals surface area contributed by atoms with Crippen LogP contribution in [0, 0.1) is 11.3 Å². The van der Waals surface area contributed by atoms with E-state index < -0.39 is 0 Å². The lowest BCUT2D eigenvalue weighted by molar-refractivity contribution is 0.111. The summed E-state index contributed by atoms with van der Waals surface area (Å²) in [4.78, 5) is 20.5. The van der Waals surface area contributed by atoms with Gasteiger partial charge in [0.1, 0.15) is 24.1 Å². The van der Waals surface area contributed by atoms with Gasteiger partial charge in [-0.15, -0.1) is 0 Å². The number of carbonyl (C=O) groups excluding carboxylic acids is 2. The quantitative estimate of drug-likeness (QED) is 0.655. The van der Waals surface area contributed by atoms with Crippen molar-refractivity contribution < 1.29 is 19.4 Å². The minimum Gasteiger partial charge on any atom is -0.508 e. The van der Waals surface area contributed by atoms with E-state index in [1.54, 1.807) is 48.5 Å². The summed E-state index contributed by atoms with van der Waals surface area (Å²) in [7, 11) is 0. The molecule has 0 spiro atoms. The number of ether oxygens (including phenoxy) is 1. The molecular formula is C23H19NO4. The second-order valence-electron chi connectivity index (χ2n) is 5.80. The van der Waals surface area contributed by atoms with Crippen LogP contribution in [0.4, 0.5) is 0 Å². The first-order valence-corrected chi connectivity index (χ1v) is 8.56. The zero-order valence-corrected chi connectivity index (χ0v) is 15.1. The van der Waals surface area contributed by atoms with Crippen molar-refractivity contribution in [1.82, 2.24) is 0 Å². The Kier molecular flexibility index (Phi) is 7.97. The van der Waals surface area contributed by atoms with E-state index in [2.05, 4.69) is 6.07 Å². The first kappa shape index (κ1) is 20.4. The van der Waals surface area contributed by atoms with E-state index in [4.69, 9.17) is 15.1 Å². The smallest absolute Gasteiger partial charge is 0.150 e. The van der Waals surface area contributed by atoms with Gasteiger partial charge in [0.25, 0.3) is 0 Å². The van der Waals surface area contributed by atoms with Gasteiger partial charge in [-0.05, 0) is 66.2 Å². The first-order chi connectivity index (χ1) is 13.6. The fourth-order valence-electron chi connectivity index (χ4n) is 2.23. The molecule has 0 saturated carbocycles.